The molecule has 212 valence electrons. The highest BCUT2D eigenvalue weighted by Crippen LogP contribution is 2.44. The summed E-state index contributed by atoms with van der Waals surface area (Å²) < 4.78 is 7.57. The number of thioether (sulfide) groups is 1. The van der Waals surface area contributed by atoms with E-state index in [1.807, 2.05) is 72.8 Å². The molecule has 0 aliphatic heterocycles. The smallest absolute Gasteiger partial charge is 0.250 e. The lowest BCUT2D eigenvalue weighted by atomic mass is 9.99. The molecule has 1 amide bonds. The fourth-order valence-electron chi connectivity index (χ4n) is 4.83. The number of halogens is 1. The molecule has 4 aromatic carbocycles. The molecule has 0 spiro atoms. The van der Waals surface area contributed by atoms with Crippen LogP contribution >= 0.6 is 23.4 Å². The zero-order chi connectivity index (χ0) is 29.6. The number of amides is 1. The number of hydrogen-bond donors (Lipinski definition) is 1. The molecule has 6 aromatic rings. The Labute approximate surface area is 258 Å². The van der Waals surface area contributed by atoms with Crippen molar-refractivity contribution >= 4 is 46.5 Å². The molecule has 0 bridgehead atoms. The summed E-state index contributed by atoms with van der Waals surface area (Å²) in [5.74, 6) is 0.633. The molecule has 0 atom stereocenters. The third kappa shape index (κ3) is 6.16. The van der Waals surface area contributed by atoms with Gasteiger partial charge in [-0.2, -0.15) is 5.10 Å². The van der Waals surface area contributed by atoms with Gasteiger partial charge in [0, 0.05) is 16.3 Å². The summed E-state index contributed by atoms with van der Waals surface area (Å²) in [4.78, 5) is 22.2. The summed E-state index contributed by atoms with van der Waals surface area (Å²) in [6.07, 6.45) is 3.13. The second-order valence-corrected chi connectivity index (χ2v) is 10.9. The molecule has 2 aromatic heterocycles. The zero-order valence-corrected chi connectivity index (χ0v) is 24.7. The minimum Gasteiger partial charge on any atom is -0.497 e. The van der Waals surface area contributed by atoms with Crippen molar-refractivity contribution in [3.05, 3.63) is 126 Å². The highest BCUT2D eigenvalue weighted by atomic mass is 35.5. The van der Waals surface area contributed by atoms with Crippen molar-refractivity contribution in [1.29, 1.82) is 0 Å². The quantitative estimate of drug-likeness (QED) is 0.0794. The first-order chi connectivity index (χ1) is 21.1. The second kappa shape index (κ2) is 12.9. The fourth-order valence-corrected chi connectivity index (χ4v) is 5.74. The number of nitrogens with one attached hydrogen (secondary N) is 1. The van der Waals surface area contributed by atoms with Gasteiger partial charge in [-0.05, 0) is 53.1 Å². The van der Waals surface area contributed by atoms with Crippen molar-refractivity contribution in [3.8, 4) is 33.8 Å². The van der Waals surface area contributed by atoms with E-state index in [-0.39, 0.29) is 11.7 Å². The van der Waals surface area contributed by atoms with Gasteiger partial charge in [0.25, 0.3) is 0 Å². The van der Waals surface area contributed by atoms with Gasteiger partial charge in [0.2, 0.25) is 5.91 Å². The summed E-state index contributed by atoms with van der Waals surface area (Å²) in [5.41, 5.74) is 9.11. The SMILES string of the molecule is COc1ccc(-n2c(-c3ccccc3)c(-c3ccccc3)c3c(SCC(=O)N/N=C/c4ccc(Cl)cc4)ncnc32)cc1. The lowest BCUT2D eigenvalue weighted by Crippen LogP contribution is -2.19. The topological polar surface area (TPSA) is 81.4 Å². The summed E-state index contributed by atoms with van der Waals surface area (Å²) in [7, 11) is 1.65. The number of carbonyl (C=O) groups excluding carboxylic acids is 1. The maximum absolute atomic E-state index is 12.8. The number of rotatable bonds is 9. The van der Waals surface area contributed by atoms with Gasteiger partial charge >= 0.3 is 0 Å². The molecule has 9 heteroatoms. The monoisotopic (exact) mass is 603 g/mol. The van der Waals surface area contributed by atoms with Gasteiger partial charge in [-0.3, -0.25) is 9.36 Å². The molecule has 0 radical (unpaired) electrons. The Morgan fingerprint density at radius 1 is 0.907 bits per heavy atom. The van der Waals surface area contributed by atoms with E-state index in [0.717, 1.165) is 50.4 Å². The first-order valence-electron chi connectivity index (χ1n) is 13.5. The Morgan fingerprint density at radius 2 is 1.58 bits per heavy atom. The zero-order valence-electron chi connectivity index (χ0n) is 23.1. The number of carbonyl (C=O) groups is 1. The number of benzene rings is 4. The van der Waals surface area contributed by atoms with Gasteiger partial charge in [-0.25, -0.2) is 15.4 Å². The minimum absolute atomic E-state index is 0.118. The summed E-state index contributed by atoms with van der Waals surface area (Å²) in [5, 5.41) is 6.30. The van der Waals surface area contributed by atoms with E-state index in [1.165, 1.54) is 11.8 Å². The van der Waals surface area contributed by atoms with Crippen LogP contribution in [0.15, 0.2) is 126 Å². The molecule has 1 N–H and O–H groups in total. The third-order valence-electron chi connectivity index (χ3n) is 6.77. The predicted molar refractivity (Wildman–Crippen MR) is 174 cm³/mol. The number of fused-ring (bicyclic) bond motifs is 1. The molecular weight excluding hydrogens is 578 g/mol. The van der Waals surface area contributed by atoms with Crippen LogP contribution in [0.3, 0.4) is 0 Å². The van der Waals surface area contributed by atoms with Crippen molar-refractivity contribution in [2.75, 3.05) is 12.9 Å². The van der Waals surface area contributed by atoms with Crippen molar-refractivity contribution in [2.45, 2.75) is 5.03 Å². The van der Waals surface area contributed by atoms with E-state index < -0.39 is 0 Å². The number of nitrogens with zero attached hydrogens (tertiary/aromatic N) is 4. The standard InChI is InChI=1S/C34H26ClN5O2S/c1-42-28-18-16-27(17-19-28)40-32(25-10-6-3-7-11-25)30(24-8-4-2-5-9-24)31-33(40)36-22-37-34(31)43-21-29(41)39-38-20-23-12-14-26(35)15-13-23/h2-20,22H,21H2,1H3,(H,39,41)/b38-20+. The third-order valence-corrected chi connectivity index (χ3v) is 8.01. The van der Waals surface area contributed by atoms with Crippen LogP contribution in [0.2, 0.25) is 5.02 Å². The Hall–Kier alpha value is -4.92. The van der Waals surface area contributed by atoms with Gasteiger partial charge in [-0.1, -0.05) is 96.2 Å². The van der Waals surface area contributed by atoms with Crippen molar-refractivity contribution in [2.24, 2.45) is 5.10 Å². The summed E-state index contributed by atoms with van der Waals surface area (Å²) >= 11 is 7.29. The maximum atomic E-state index is 12.8. The first-order valence-corrected chi connectivity index (χ1v) is 14.8. The maximum Gasteiger partial charge on any atom is 0.250 e. The molecule has 0 saturated heterocycles. The molecule has 0 aliphatic carbocycles. The molecule has 0 aliphatic rings. The van der Waals surface area contributed by atoms with E-state index in [0.29, 0.717) is 10.0 Å². The molecule has 7 nitrogen and oxygen atoms in total. The summed E-state index contributed by atoms with van der Waals surface area (Å²) in [6.45, 7) is 0. The first kappa shape index (κ1) is 28.2. The summed E-state index contributed by atoms with van der Waals surface area (Å²) in [6, 6.07) is 35.5. The van der Waals surface area contributed by atoms with Gasteiger partial charge in [0.1, 0.15) is 22.7 Å². The van der Waals surface area contributed by atoms with Crippen LogP contribution in [-0.4, -0.2) is 39.5 Å². The van der Waals surface area contributed by atoms with Crippen LogP contribution in [0, 0.1) is 0 Å². The lowest BCUT2D eigenvalue weighted by Gasteiger charge is -2.13. The van der Waals surface area contributed by atoms with Gasteiger partial charge < -0.3 is 4.74 Å². The van der Waals surface area contributed by atoms with E-state index >= 15 is 0 Å². The highest BCUT2D eigenvalue weighted by molar-refractivity contribution is 8.00. The molecule has 2 heterocycles. The molecule has 0 unspecified atom stereocenters. The van der Waals surface area contributed by atoms with E-state index in [2.05, 4.69) is 44.3 Å². The van der Waals surface area contributed by atoms with Gasteiger partial charge in [0.15, 0.2) is 0 Å². The van der Waals surface area contributed by atoms with Crippen molar-refractivity contribution < 1.29 is 9.53 Å². The van der Waals surface area contributed by atoms with Crippen LogP contribution in [0.4, 0.5) is 0 Å². The molecule has 6 rings (SSSR count). The minimum atomic E-state index is -0.249. The molecular formula is C34H26ClN5O2S. The Bertz CT molecular complexity index is 1890. The number of hydrogen-bond acceptors (Lipinski definition) is 6. The van der Waals surface area contributed by atoms with Crippen LogP contribution in [0.5, 0.6) is 5.75 Å². The Kier molecular flexibility index (Phi) is 8.49. The fraction of sp³-hybridized carbons (Fsp3) is 0.0588. The van der Waals surface area contributed by atoms with Crippen LogP contribution in [0.1, 0.15) is 5.56 Å². The molecule has 0 saturated carbocycles. The number of methoxy groups -OCH3 is 1. The largest absolute Gasteiger partial charge is 0.497 e. The van der Waals surface area contributed by atoms with Crippen molar-refractivity contribution in [3.63, 3.8) is 0 Å². The second-order valence-electron chi connectivity index (χ2n) is 9.50. The normalized spacial score (nSPS) is 11.2. The number of ether oxygens (including phenoxy) is 1. The van der Waals surface area contributed by atoms with Crippen LogP contribution < -0.4 is 10.2 Å². The predicted octanol–water partition coefficient (Wildman–Crippen LogP) is 7.66. The van der Waals surface area contributed by atoms with Crippen molar-refractivity contribution in [1.82, 2.24) is 20.0 Å². The lowest BCUT2D eigenvalue weighted by molar-refractivity contribution is -0.118. The van der Waals surface area contributed by atoms with Crippen LogP contribution in [-0.2, 0) is 4.79 Å². The van der Waals surface area contributed by atoms with Gasteiger partial charge in [0.05, 0.1) is 30.2 Å². The Morgan fingerprint density at radius 3 is 2.26 bits per heavy atom. The van der Waals surface area contributed by atoms with E-state index in [1.54, 1.807) is 31.8 Å². The Balaban J connectivity index is 1.44. The van der Waals surface area contributed by atoms with Gasteiger partial charge in [-0.15, -0.1) is 0 Å². The molecule has 0 fully saturated rings. The van der Waals surface area contributed by atoms with E-state index in [4.69, 9.17) is 21.3 Å². The highest BCUT2D eigenvalue weighted by Gasteiger charge is 2.25. The van der Waals surface area contributed by atoms with Crippen LogP contribution in [0.25, 0.3) is 39.1 Å². The van der Waals surface area contributed by atoms with E-state index in [9.17, 15) is 4.79 Å². The number of hydrazone groups is 1. The average molecular weight is 604 g/mol. The number of aromatic nitrogens is 3. The molecule has 43 heavy (non-hydrogen) atoms. The average Bonchev–Trinajstić information content (AvgIpc) is 3.41.